The molecule has 3 aromatic rings. The number of nitrogens with one attached hydrogen (secondary N) is 1. The van der Waals surface area contributed by atoms with Crippen molar-refractivity contribution in [3.05, 3.63) is 93.1 Å². The van der Waals surface area contributed by atoms with E-state index in [1.807, 2.05) is 31.2 Å². The third-order valence-corrected chi connectivity index (χ3v) is 5.93. The molecule has 33 heavy (non-hydrogen) atoms. The Balaban J connectivity index is 1.53. The van der Waals surface area contributed by atoms with Gasteiger partial charge in [0.25, 0.3) is 5.91 Å². The summed E-state index contributed by atoms with van der Waals surface area (Å²) in [5.74, 6) is 0.166. The van der Waals surface area contributed by atoms with Gasteiger partial charge in [0.15, 0.2) is 16.7 Å². The third kappa shape index (κ3) is 5.74. The Bertz CT molecular complexity index is 1260. The predicted molar refractivity (Wildman–Crippen MR) is 131 cm³/mol. The molecule has 168 valence electrons. The SMILES string of the molecule is COc1cc(/C=C2/SC(=Nc3ccc(C)cc3)NC2=O)cc(Cl)c1OCc1cccc(F)c1. The highest BCUT2D eigenvalue weighted by molar-refractivity contribution is 8.18. The number of amides is 1. The molecule has 0 saturated carbocycles. The van der Waals surface area contributed by atoms with E-state index in [2.05, 4.69) is 10.3 Å². The van der Waals surface area contributed by atoms with Gasteiger partial charge in [-0.25, -0.2) is 9.38 Å². The number of rotatable bonds is 6. The van der Waals surface area contributed by atoms with Crippen LogP contribution in [-0.2, 0) is 11.4 Å². The van der Waals surface area contributed by atoms with Crippen LogP contribution in [0.2, 0.25) is 5.02 Å². The van der Waals surface area contributed by atoms with Crippen molar-refractivity contribution in [3.8, 4) is 11.5 Å². The zero-order valence-corrected chi connectivity index (χ0v) is 19.5. The van der Waals surface area contributed by atoms with Crippen molar-refractivity contribution in [3.63, 3.8) is 0 Å². The molecule has 0 radical (unpaired) electrons. The largest absolute Gasteiger partial charge is 0.493 e. The number of carbonyl (C=O) groups excluding carboxylic acids is 1. The minimum atomic E-state index is -0.339. The van der Waals surface area contributed by atoms with E-state index in [4.69, 9.17) is 21.1 Å². The summed E-state index contributed by atoms with van der Waals surface area (Å²) in [7, 11) is 1.50. The van der Waals surface area contributed by atoms with E-state index in [-0.39, 0.29) is 18.3 Å². The number of nitrogens with zero attached hydrogens (tertiary/aromatic N) is 1. The van der Waals surface area contributed by atoms with Crippen LogP contribution in [0, 0.1) is 12.7 Å². The second-order valence-corrected chi connectivity index (χ2v) is 8.71. The lowest BCUT2D eigenvalue weighted by Crippen LogP contribution is -2.19. The Hall–Kier alpha value is -3.29. The smallest absolute Gasteiger partial charge is 0.264 e. The summed E-state index contributed by atoms with van der Waals surface area (Å²) in [6.07, 6.45) is 1.71. The maximum atomic E-state index is 13.4. The number of ether oxygens (including phenoxy) is 2. The van der Waals surface area contributed by atoms with Crippen LogP contribution in [-0.4, -0.2) is 18.2 Å². The zero-order chi connectivity index (χ0) is 23.4. The van der Waals surface area contributed by atoms with E-state index >= 15 is 0 Å². The van der Waals surface area contributed by atoms with E-state index in [1.54, 1.807) is 30.3 Å². The first-order valence-electron chi connectivity index (χ1n) is 10.0. The topological polar surface area (TPSA) is 59.9 Å². The highest BCUT2D eigenvalue weighted by Crippen LogP contribution is 2.38. The Morgan fingerprint density at radius 2 is 1.94 bits per heavy atom. The molecule has 1 heterocycles. The number of methoxy groups -OCH3 is 1. The van der Waals surface area contributed by atoms with Crippen molar-refractivity contribution in [1.82, 2.24) is 5.32 Å². The number of amidine groups is 1. The predicted octanol–water partition coefficient (Wildman–Crippen LogP) is 6.27. The second kappa shape index (κ2) is 10.1. The fraction of sp³-hybridized carbons (Fsp3) is 0.120. The lowest BCUT2D eigenvalue weighted by Gasteiger charge is -2.13. The van der Waals surface area contributed by atoms with Gasteiger partial charge in [-0.1, -0.05) is 41.4 Å². The molecule has 0 spiro atoms. The average molecular weight is 483 g/mol. The van der Waals surface area contributed by atoms with Crippen molar-refractivity contribution >= 4 is 46.2 Å². The molecule has 1 saturated heterocycles. The summed E-state index contributed by atoms with van der Waals surface area (Å²) >= 11 is 7.69. The van der Waals surface area contributed by atoms with Crippen molar-refractivity contribution < 1.29 is 18.7 Å². The quantitative estimate of drug-likeness (QED) is 0.421. The van der Waals surface area contributed by atoms with Gasteiger partial charge in [-0.3, -0.25) is 4.79 Å². The molecule has 4 rings (SSSR count). The number of thioether (sulfide) groups is 1. The van der Waals surface area contributed by atoms with Crippen LogP contribution in [0.15, 0.2) is 70.6 Å². The monoisotopic (exact) mass is 482 g/mol. The van der Waals surface area contributed by atoms with Gasteiger partial charge in [-0.2, -0.15) is 0 Å². The van der Waals surface area contributed by atoms with Gasteiger partial charge < -0.3 is 14.8 Å². The van der Waals surface area contributed by atoms with E-state index in [1.165, 1.54) is 31.0 Å². The maximum absolute atomic E-state index is 13.4. The zero-order valence-electron chi connectivity index (χ0n) is 17.9. The molecular formula is C25H20ClFN2O3S. The van der Waals surface area contributed by atoms with Crippen molar-refractivity contribution in [2.24, 2.45) is 4.99 Å². The standard InChI is InChI=1S/C25H20ClFN2O3S/c1-15-6-8-19(9-7-15)28-25-29-24(30)22(33-25)13-17-11-20(26)23(21(12-17)31-2)32-14-16-4-3-5-18(27)10-16/h3-13H,14H2,1-2H3,(H,28,29,30)/b22-13+. The van der Waals surface area contributed by atoms with Gasteiger partial charge in [0.2, 0.25) is 0 Å². The molecule has 1 aliphatic heterocycles. The highest BCUT2D eigenvalue weighted by atomic mass is 35.5. The van der Waals surface area contributed by atoms with E-state index in [0.29, 0.717) is 37.7 Å². The molecule has 5 nitrogen and oxygen atoms in total. The molecular weight excluding hydrogens is 463 g/mol. The molecule has 0 bridgehead atoms. The molecule has 1 aliphatic rings. The summed E-state index contributed by atoms with van der Waals surface area (Å²) in [4.78, 5) is 17.4. The number of benzene rings is 3. The van der Waals surface area contributed by atoms with Crippen LogP contribution < -0.4 is 14.8 Å². The number of aryl methyl sites for hydroxylation is 1. The van der Waals surface area contributed by atoms with Crippen LogP contribution >= 0.6 is 23.4 Å². The average Bonchev–Trinajstić information content (AvgIpc) is 3.12. The van der Waals surface area contributed by atoms with Gasteiger partial charge in [0.05, 0.1) is 22.7 Å². The van der Waals surface area contributed by atoms with E-state index < -0.39 is 0 Å². The second-order valence-electron chi connectivity index (χ2n) is 7.27. The normalized spacial score (nSPS) is 15.7. The van der Waals surface area contributed by atoms with E-state index in [9.17, 15) is 9.18 Å². The first kappa shape index (κ1) is 22.9. The van der Waals surface area contributed by atoms with Crippen LogP contribution in [0.3, 0.4) is 0 Å². The lowest BCUT2D eigenvalue weighted by molar-refractivity contribution is -0.115. The minimum absolute atomic E-state index is 0.130. The van der Waals surface area contributed by atoms with Crippen LogP contribution in [0.1, 0.15) is 16.7 Å². The van der Waals surface area contributed by atoms with Gasteiger partial charge in [0.1, 0.15) is 12.4 Å². The number of hydrogen-bond donors (Lipinski definition) is 1. The number of halogens is 2. The maximum Gasteiger partial charge on any atom is 0.264 e. The molecule has 8 heteroatoms. The Morgan fingerprint density at radius 1 is 1.15 bits per heavy atom. The van der Waals surface area contributed by atoms with E-state index in [0.717, 1.165) is 11.3 Å². The van der Waals surface area contributed by atoms with Gasteiger partial charge in [-0.15, -0.1) is 0 Å². The molecule has 1 fully saturated rings. The molecule has 0 aliphatic carbocycles. The minimum Gasteiger partial charge on any atom is -0.493 e. The molecule has 0 aromatic heterocycles. The summed E-state index contributed by atoms with van der Waals surface area (Å²) in [5, 5.41) is 3.59. The van der Waals surface area contributed by atoms with Crippen LogP contribution in [0.4, 0.5) is 10.1 Å². The molecule has 0 unspecified atom stereocenters. The lowest BCUT2D eigenvalue weighted by atomic mass is 10.1. The molecule has 1 N–H and O–H groups in total. The van der Waals surface area contributed by atoms with Gasteiger partial charge >= 0.3 is 0 Å². The summed E-state index contributed by atoms with van der Waals surface area (Å²) in [5.41, 5.74) is 3.23. The molecule has 1 amide bonds. The fourth-order valence-corrected chi connectivity index (χ4v) is 4.23. The fourth-order valence-electron chi connectivity index (χ4n) is 3.11. The Labute approximate surface area is 200 Å². The highest BCUT2D eigenvalue weighted by Gasteiger charge is 2.24. The summed E-state index contributed by atoms with van der Waals surface area (Å²) in [6, 6.07) is 17.3. The number of hydrogen-bond acceptors (Lipinski definition) is 5. The van der Waals surface area contributed by atoms with Crippen LogP contribution in [0.25, 0.3) is 6.08 Å². The van der Waals surface area contributed by atoms with Crippen molar-refractivity contribution in [1.29, 1.82) is 0 Å². The van der Waals surface area contributed by atoms with Crippen molar-refractivity contribution in [2.75, 3.05) is 7.11 Å². The van der Waals surface area contributed by atoms with Crippen LogP contribution in [0.5, 0.6) is 11.5 Å². The number of aliphatic imine (C=N–C) groups is 1. The first-order valence-corrected chi connectivity index (χ1v) is 11.2. The Kier molecular flexibility index (Phi) is 7.01. The summed E-state index contributed by atoms with van der Waals surface area (Å²) in [6.45, 7) is 2.13. The van der Waals surface area contributed by atoms with Crippen molar-refractivity contribution in [2.45, 2.75) is 13.5 Å². The number of carbonyl (C=O) groups is 1. The summed E-state index contributed by atoms with van der Waals surface area (Å²) < 4.78 is 24.6. The first-order chi connectivity index (χ1) is 15.9. The van der Waals surface area contributed by atoms with Gasteiger partial charge in [-0.05, 0) is 72.3 Å². The molecule has 3 aromatic carbocycles. The molecule has 0 atom stereocenters. The van der Waals surface area contributed by atoms with Gasteiger partial charge in [0, 0.05) is 0 Å². The third-order valence-electron chi connectivity index (χ3n) is 4.74. The Morgan fingerprint density at radius 3 is 2.67 bits per heavy atom.